The average molecular weight is 318 g/mol. The Morgan fingerprint density at radius 1 is 1.43 bits per heavy atom. The number of aromatic nitrogens is 2. The second-order valence-electron chi connectivity index (χ2n) is 4.89. The molecule has 1 aromatic heterocycles. The molecule has 1 aromatic carbocycles. The topological polar surface area (TPSA) is 46.9 Å². The van der Waals surface area contributed by atoms with Gasteiger partial charge in [-0.2, -0.15) is 13.2 Å². The van der Waals surface area contributed by atoms with Gasteiger partial charge in [-0.1, -0.05) is 0 Å². The Morgan fingerprint density at radius 3 is 2.76 bits per heavy atom. The van der Waals surface area contributed by atoms with Crippen molar-refractivity contribution in [2.24, 2.45) is 0 Å². The highest BCUT2D eigenvalue weighted by Crippen LogP contribution is 2.33. The minimum Gasteiger partial charge on any atom is -0.354 e. The summed E-state index contributed by atoms with van der Waals surface area (Å²) in [5, 5.41) is 2.70. The summed E-state index contributed by atoms with van der Waals surface area (Å²) >= 11 is 5.84. The molecule has 1 fully saturated rings. The van der Waals surface area contributed by atoms with Gasteiger partial charge in [0.15, 0.2) is 0 Å². The van der Waals surface area contributed by atoms with E-state index in [1.807, 2.05) is 0 Å². The molecule has 1 amide bonds. The molecule has 0 radical (unpaired) electrons. The molecule has 1 saturated heterocycles. The summed E-state index contributed by atoms with van der Waals surface area (Å²) in [4.78, 5) is 15.5. The van der Waals surface area contributed by atoms with Gasteiger partial charge in [-0.25, -0.2) is 4.98 Å². The molecular weight excluding hydrogens is 307 g/mol. The maximum Gasteiger partial charge on any atom is 0.416 e. The van der Waals surface area contributed by atoms with Crippen molar-refractivity contribution in [3.63, 3.8) is 0 Å². The van der Waals surface area contributed by atoms with Gasteiger partial charge in [0, 0.05) is 13.0 Å². The molecule has 8 heteroatoms. The lowest BCUT2D eigenvalue weighted by atomic mass is 10.2. The summed E-state index contributed by atoms with van der Waals surface area (Å²) in [5.41, 5.74) is 0.0429. The second-order valence-corrected chi connectivity index (χ2v) is 5.16. The van der Waals surface area contributed by atoms with Crippen molar-refractivity contribution in [1.82, 2.24) is 14.9 Å². The first kappa shape index (κ1) is 14.2. The predicted octanol–water partition coefficient (Wildman–Crippen LogP) is 2.85. The summed E-state index contributed by atoms with van der Waals surface area (Å²) in [6.45, 7) is 0.426. The molecule has 1 N–H and O–H groups in total. The Kier molecular flexibility index (Phi) is 3.32. The number of hydrogen-bond donors (Lipinski definition) is 1. The minimum absolute atomic E-state index is 0.0702. The SMILES string of the molecule is O=C1CC(n2c(CCl)nc3cc(C(F)(F)F)ccc32)CN1. The fraction of sp³-hybridized carbons (Fsp3) is 0.385. The summed E-state index contributed by atoms with van der Waals surface area (Å²) in [6, 6.07) is 3.23. The van der Waals surface area contributed by atoms with Gasteiger partial charge in [0.1, 0.15) is 5.82 Å². The molecule has 0 aliphatic carbocycles. The van der Waals surface area contributed by atoms with Crippen molar-refractivity contribution in [3.8, 4) is 0 Å². The third-order valence-corrected chi connectivity index (χ3v) is 3.77. The summed E-state index contributed by atoms with van der Waals surface area (Å²) < 4.78 is 40.0. The van der Waals surface area contributed by atoms with Gasteiger partial charge >= 0.3 is 6.18 Å². The van der Waals surface area contributed by atoms with E-state index in [-0.39, 0.29) is 29.8 Å². The van der Waals surface area contributed by atoms with Gasteiger partial charge in [-0.15, -0.1) is 11.6 Å². The first-order chi connectivity index (χ1) is 9.90. The number of amides is 1. The van der Waals surface area contributed by atoms with Crippen LogP contribution >= 0.6 is 11.6 Å². The zero-order valence-corrected chi connectivity index (χ0v) is 11.5. The Morgan fingerprint density at radius 2 is 2.19 bits per heavy atom. The molecular formula is C13H11ClF3N3O. The van der Waals surface area contributed by atoms with Crippen LogP contribution in [0.2, 0.25) is 0 Å². The van der Waals surface area contributed by atoms with Crippen LogP contribution in [0.5, 0.6) is 0 Å². The van der Waals surface area contributed by atoms with Crippen molar-refractivity contribution in [1.29, 1.82) is 0 Å². The van der Waals surface area contributed by atoms with E-state index in [0.717, 1.165) is 12.1 Å². The monoisotopic (exact) mass is 317 g/mol. The third-order valence-electron chi connectivity index (χ3n) is 3.53. The lowest BCUT2D eigenvalue weighted by Gasteiger charge is -2.14. The molecule has 21 heavy (non-hydrogen) atoms. The number of hydrogen-bond acceptors (Lipinski definition) is 2. The van der Waals surface area contributed by atoms with Gasteiger partial charge in [0.2, 0.25) is 5.91 Å². The zero-order valence-electron chi connectivity index (χ0n) is 10.7. The molecule has 2 aromatic rings. The zero-order chi connectivity index (χ0) is 15.2. The van der Waals surface area contributed by atoms with Crippen LogP contribution in [0.1, 0.15) is 23.9 Å². The lowest BCUT2D eigenvalue weighted by Crippen LogP contribution is -2.16. The van der Waals surface area contributed by atoms with E-state index in [1.54, 1.807) is 4.57 Å². The molecule has 1 atom stereocenters. The molecule has 0 spiro atoms. The second kappa shape index (κ2) is 4.91. The highest BCUT2D eigenvalue weighted by Gasteiger charge is 2.32. The molecule has 2 heterocycles. The first-order valence-electron chi connectivity index (χ1n) is 6.31. The molecule has 1 aliphatic heterocycles. The number of nitrogens with one attached hydrogen (secondary N) is 1. The van der Waals surface area contributed by atoms with Crippen LogP contribution in [-0.2, 0) is 16.9 Å². The van der Waals surface area contributed by atoms with Crippen molar-refractivity contribution in [2.45, 2.75) is 24.5 Å². The number of carbonyl (C=O) groups excluding carboxylic acids is 1. The normalized spacial score (nSPS) is 19.2. The van der Waals surface area contributed by atoms with Crippen LogP contribution in [0.15, 0.2) is 18.2 Å². The number of imidazole rings is 1. The molecule has 4 nitrogen and oxygen atoms in total. The van der Waals surface area contributed by atoms with E-state index < -0.39 is 11.7 Å². The molecule has 3 rings (SSSR count). The summed E-state index contributed by atoms with van der Waals surface area (Å²) in [5.74, 6) is 0.447. The molecule has 0 saturated carbocycles. The van der Waals surface area contributed by atoms with E-state index in [9.17, 15) is 18.0 Å². The number of fused-ring (bicyclic) bond motifs is 1. The molecule has 1 aliphatic rings. The van der Waals surface area contributed by atoms with E-state index >= 15 is 0 Å². The van der Waals surface area contributed by atoms with Crippen LogP contribution in [0, 0.1) is 0 Å². The van der Waals surface area contributed by atoms with E-state index in [0.29, 0.717) is 17.9 Å². The van der Waals surface area contributed by atoms with Crippen molar-refractivity contribution < 1.29 is 18.0 Å². The minimum atomic E-state index is -4.41. The quantitative estimate of drug-likeness (QED) is 0.866. The van der Waals surface area contributed by atoms with Gasteiger partial charge in [-0.05, 0) is 18.2 Å². The van der Waals surface area contributed by atoms with Crippen LogP contribution in [0.3, 0.4) is 0 Å². The number of benzene rings is 1. The van der Waals surface area contributed by atoms with Crippen molar-refractivity contribution in [3.05, 3.63) is 29.6 Å². The van der Waals surface area contributed by atoms with Crippen LogP contribution in [0.25, 0.3) is 11.0 Å². The summed E-state index contributed by atoms with van der Waals surface area (Å²) in [6.07, 6.45) is -4.14. The number of carbonyl (C=O) groups is 1. The maximum atomic E-state index is 12.7. The Hall–Kier alpha value is -1.76. The largest absolute Gasteiger partial charge is 0.416 e. The fourth-order valence-corrected chi connectivity index (χ4v) is 2.79. The van der Waals surface area contributed by atoms with Crippen molar-refractivity contribution in [2.75, 3.05) is 6.54 Å². The highest BCUT2D eigenvalue weighted by molar-refractivity contribution is 6.16. The van der Waals surface area contributed by atoms with Gasteiger partial charge in [-0.3, -0.25) is 4.79 Å². The molecule has 0 bridgehead atoms. The van der Waals surface area contributed by atoms with Gasteiger partial charge in [0.05, 0.1) is 28.5 Å². The van der Waals surface area contributed by atoms with E-state index in [4.69, 9.17) is 11.6 Å². The molecule has 112 valence electrons. The van der Waals surface area contributed by atoms with Crippen LogP contribution in [-0.4, -0.2) is 22.0 Å². The number of alkyl halides is 4. The van der Waals surface area contributed by atoms with Gasteiger partial charge < -0.3 is 9.88 Å². The number of rotatable bonds is 2. The first-order valence-corrected chi connectivity index (χ1v) is 6.84. The van der Waals surface area contributed by atoms with E-state index in [1.165, 1.54) is 6.07 Å². The Balaban J connectivity index is 2.13. The third kappa shape index (κ3) is 2.46. The average Bonchev–Trinajstić information content (AvgIpc) is 2.99. The Labute approximate surface area is 122 Å². The standard InChI is InChI=1S/C13H11ClF3N3O/c14-5-11-19-9-3-7(13(15,16)17)1-2-10(9)20(11)8-4-12(21)18-6-8/h1-3,8H,4-6H2,(H,18,21). The Bertz CT molecular complexity index is 710. The highest BCUT2D eigenvalue weighted by atomic mass is 35.5. The smallest absolute Gasteiger partial charge is 0.354 e. The fourth-order valence-electron chi connectivity index (χ4n) is 2.60. The number of nitrogens with zero attached hydrogens (tertiary/aromatic N) is 2. The molecule has 1 unspecified atom stereocenters. The van der Waals surface area contributed by atoms with Crippen LogP contribution in [0.4, 0.5) is 13.2 Å². The maximum absolute atomic E-state index is 12.7. The lowest BCUT2D eigenvalue weighted by molar-refractivity contribution is -0.137. The van der Waals surface area contributed by atoms with Crippen molar-refractivity contribution >= 4 is 28.5 Å². The predicted molar refractivity (Wildman–Crippen MR) is 71.0 cm³/mol. The van der Waals surface area contributed by atoms with Gasteiger partial charge in [0.25, 0.3) is 0 Å². The van der Waals surface area contributed by atoms with Crippen LogP contribution < -0.4 is 5.32 Å². The summed E-state index contributed by atoms with van der Waals surface area (Å²) in [7, 11) is 0. The number of halogens is 4. The van der Waals surface area contributed by atoms with E-state index in [2.05, 4.69) is 10.3 Å².